The van der Waals surface area contributed by atoms with Gasteiger partial charge in [0, 0.05) is 10.5 Å². The molecule has 0 aliphatic carbocycles. The fraction of sp³-hybridized carbons (Fsp3) is 0.0909. The third-order valence-corrected chi connectivity index (χ3v) is 3.25. The van der Waals surface area contributed by atoms with Crippen LogP contribution in [-0.4, -0.2) is 21.3 Å². The molecule has 1 aromatic heterocycles. The Kier molecular flexibility index (Phi) is 3.08. The van der Waals surface area contributed by atoms with Crippen LogP contribution >= 0.6 is 15.9 Å². The van der Waals surface area contributed by atoms with E-state index in [4.69, 9.17) is 5.11 Å². The van der Waals surface area contributed by atoms with Gasteiger partial charge in [-0.3, -0.25) is 0 Å². The smallest absolute Gasteiger partial charge is 0.374 e. The van der Waals surface area contributed by atoms with Crippen molar-refractivity contribution in [3.8, 4) is 17.0 Å². The maximum Gasteiger partial charge on any atom is 0.374 e. The molecule has 0 bridgehead atoms. The van der Waals surface area contributed by atoms with E-state index in [1.165, 1.54) is 0 Å². The molecule has 2 aromatic rings. The highest BCUT2D eigenvalue weighted by Gasteiger charge is 2.20. The number of aromatic nitrogens is 1. The summed E-state index contributed by atoms with van der Waals surface area (Å²) in [5.41, 5.74) is 0.680. The van der Waals surface area contributed by atoms with Crippen molar-refractivity contribution in [2.24, 2.45) is 0 Å². The second-order valence-electron chi connectivity index (χ2n) is 3.57. The van der Waals surface area contributed by atoms with E-state index in [1.807, 2.05) is 0 Å². The standard InChI is InChI=1S/C11H7BrFNO4/c1-4-5(12)2-6(13)10(15)9(4)7-3-8(11(16)17)18-14-7/h2-3,15H,1H3,(H,16,17). The van der Waals surface area contributed by atoms with Crippen molar-refractivity contribution in [3.63, 3.8) is 0 Å². The highest BCUT2D eigenvalue weighted by Crippen LogP contribution is 2.38. The van der Waals surface area contributed by atoms with Crippen LogP contribution in [0.4, 0.5) is 4.39 Å². The molecule has 0 saturated carbocycles. The molecule has 0 unspecified atom stereocenters. The minimum atomic E-state index is -1.29. The van der Waals surface area contributed by atoms with Gasteiger partial charge >= 0.3 is 5.97 Å². The van der Waals surface area contributed by atoms with Crippen molar-refractivity contribution in [2.75, 3.05) is 0 Å². The first-order valence-corrected chi connectivity index (χ1v) is 5.59. The molecular weight excluding hydrogens is 309 g/mol. The molecule has 0 atom stereocenters. The minimum absolute atomic E-state index is 0.0580. The molecule has 0 radical (unpaired) electrons. The Labute approximate surface area is 109 Å². The number of aromatic carboxylic acids is 1. The minimum Gasteiger partial charge on any atom is -0.504 e. The van der Waals surface area contributed by atoms with E-state index in [9.17, 15) is 14.3 Å². The van der Waals surface area contributed by atoms with Gasteiger partial charge in [-0.2, -0.15) is 0 Å². The number of hydrogen-bond acceptors (Lipinski definition) is 4. The van der Waals surface area contributed by atoms with Crippen LogP contribution in [0.2, 0.25) is 0 Å². The van der Waals surface area contributed by atoms with Gasteiger partial charge in [0.1, 0.15) is 5.69 Å². The Morgan fingerprint density at radius 2 is 2.17 bits per heavy atom. The van der Waals surface area contributed by atoms with Gasteiger partial charge in [0.2, 0.25) is 5.76 Å². The van der Waals surface area contributed by atoms with Crippen molar-refractivity contribution >= 4 is 21.9 Å². The van der Waals surface area contributed by atoms with Crippen molar-refractivity contribution in [2.45, 2.75) is 6.92 Å². The van der Waals surface area contributed by atoms with Gasteiger partial charge in [-0.1, -0.05) is 21.1 Å². The summed E-state index contributed by atoms with van der Waals surface area (Å²) in [5.74, 6) is -3.10. The fourth-order valence-electron chi connectivity index (χ4n) is 1.51. The third kappa shape index (κ3) is 1.97. The van der Waals surface area contributed by atoms with Crippen LogP contribution in [0, 0.1) is 12.7 Å². The molecule has 5 nitrogen and oxygen atoms in total. The van der Waals surface area contributed by atoms with E-state index in [0.29, 0.717) is 10.0 Å². The Bertz CT molecular complexity index is 612. The molecule has 0 aliphatic heterocycles. The van der Waals surface area contributed by atoms with Crippen LogP contribution in [-0.2, 0) is 0 Å². The molecule has 1 aromatic carbocycles. The average Bonchev–Trinajstić information content (AvgIpc) is 2.76. The molecule has 2 N–H and O–H groups in total. The lowest BCUT2D eigenvalue weighted by Gasteiger charge is -2.08. The van der Waals surface area contributed by atoms with E-state index in [1.54, 1.807) is 6.92 Å². The average molecular weight is 316 g/mol. The van der Waals surface area contributed by atoms with Crippen LogP contribution in [0.15, 0.2) is 21.1 Å². The third-order valence-electron chi connectivity index (χ3n) is 2.43. The van der Waals surface area contributed by atoms with E-state index in [2.05, 4.69) is 25.6 Å². The van der Waals surface area contributed by atoms with Gasteiger partial charge in [-0.05, 0) is 18.6 Å². The molecule has 2 rings (SSSR count). The van der Waals surface area contributed by atoms with Crippen LogP contribution in [0.25, 0.3) is 11.3 Å². The van der Waals surface area contributed by atoms with Crippen LogP contribution in [0.1, 0.15) is 16.1 Å². The number of hydrogen-bond donors (Lipinski definition) is 2. The number of phenolic OH excluding ortho intramolecular Hbond substituents is 1. The number of halogens is 2. The van der Waals surface area contributed by atoms with Gasteiger partial charge < -0.3 is 14.7 Å². The zero-order valence-corrected chi connectivity index (χ0v) is 10.7. The molecule has 0 spiro atoms. The van der Waals surface area contributed by atoms with Gasteiger partial charge in [-0.25, -0.2) is 9.18 Å². The number of carbonyl (C=O) groups is 1. The number of carboxylic acid groups (broad SMARTS) is 1. The zero-order chi connectivity index (χ0) is 13.4. The van der Waals surface area contributed by atoms with Crippen molar-refractivity contribution in [1.29, 1.82) is 0 Å². The molecule has 18 heavy (non-hydrogen) atoms. The van der Waals surface area contributed by atoms with Crippen molar-refractivity contribution in [1.82, 2.24) is 5.16 Å². The van der Waals surface area contributed by atoms with Crippen LogP contribution in [0.3, 0.4) is 0 Å². The normalized spacial score (nSPS) is 10.6. The van der Waals surface area contributed by atoms with Gasteiger partial charge in [0.15, 0.2) is 11.6 Å². The molecule has 0 saturated heterocycles. The predicted octanol–water partition coefficient (Wildman–Crippen LogP) is 2.96. The second kappa shape index (κ2) is 4.41. The number of nitrogens with zero attached hydrogens (tertiary/aromatic N) is 1. The lowest BCUT2D eigenvalue weighted by molar-refractivity contribution is 0.0652. The topological polar surface area (TPSA) is 83.6 Å². The maximum absolute atomic E-state index is 13.4. The molecular formula is C11H7BrFNO4. The molecule has 0 amide bonds. The molecule has 7 heteroatoms. The van der Waals surface area contributed by atoms with E-state index in [0.717, 1.165) is 12.1 Å². The number of phenols is 1. The number of benzene rings is 1. The SMILES string of the molecule is Cc1c(Br)cc(F)c(O)c1-c1cc(C(=O)O)on1. The maximum atomic E-state index is 13.4. The first kappa shape index (κ1) is 12.6. The summed E-state index contributed by atoms with van der Waals surface area (Å²) in [7, 11) is 0. The van der Waals surface area contributed by atoms with Gasteiger partial charge in [0.25, 0.3) is 0 Å². The monoisotopic (exact) mass is 315 g/mol. The highest BCUT2D eigenvalue weighted by molar-refractivity contribution is 9.10. The summed E-state index contributed by atoms with van der Waals surface area (Å²) >= 11 is 3.14. The number of rotatable bonds is 2. The predicted molar refractivity (Wildman–Crippen MR) is 63.0 cm³/mol. The van der Waals surface area contributed by atoms with Crippen LogP contribution in [0.5, 0.6) is 5.75 Å². The van der Waals surface area contributed by atoms with E-state index < -0.39 is 17.5 Å². The van der Waals surface area contributed by atoms with Crippen molar-refractivity contribution in [3.05, 3.63) is 33.7 Å². The summed E-state index contributed by atoms with van der Waals surface area (Å²) in [6.07, 6.45) is 0. The number of carboxylic acids is 1. The number of aromatic hydroxyl groups is 1. The van der Waals surface area contributed by atoms with E-state index in [-0.39, 0.29) is 17.0 Å². The molecule has 1 heterocycles. The van der Waals surface area contributed by atoms with Crippen LogP contribution < -0.4 is 0 Å². The highest BCUT2D eigenvalue weighted by atomic mass is 79.9. The Balaban J connectivity index is 2.66. The van der Waals surface area contributed by atoms with Gasteiger partial charge in [-0.15, -0.1) is 0 Å². The summed E-state index contributed by atoms with van der Waals surface area (Å²) in [6, 6.07) is 2.24. The van der Waals surface area contributed by atoms with Gasteiger partial charge in [0.05, 0.1) is 5.56 Å². The fourth-order valence-corrected chi connectivity index (χ4v) is 1.91. The largest absolute Gasteiger partial charge is 0.504 e. The summed E-state index contributed by atoms with van der Waals surface area (Å²) in [4.78, 5) is 10.7. The molecule has 0 aliphatic rings. The Morgan fingerprint density at radius 3 is 2.72 bits per heavy atom. The lowest BCUT2D eigenvalue weighted by atomic mass is 10.0. The lowest BCUT2D eigenvalue weighted by Crippen LogP contribution is -1.92. The van der Waals surface area contributed by atoms with E-state index >= 15 is 0 Å². The Morgan fingerprint density at radius 1 is 1.50 bits per heavy atom. The van der Waals surface area contributed by atoms with Crippen molar-refractivity contribution < 1.29 is 23.9 Å². The Hall–Kier alpha value is -1.89. The summed E-state index contributed by atoms with van der Waals surface area (Å²) < 4.78 is 18.4. The first-order chi connectivity index (χ1) is 8.41. The summed E-state index contributed by atoms with van der Waals surface area (Å²) in [6.45, 7) is 1.63. The zero-order valence-electron chi connectivity index (χ0n) is 9.07. The molecule has 0 fully saturated rings. The quantitative estimate of drug-likeness (QED) is 0.890. The summed E-state index contributed by atoms with van der Waals surface area (Å²) in [5, 5.41) is 21.9. The first-order valence-electron chi connectivity index (χ1n) is 4.79. The second-order valence-corrected chi connectivity index (χ2v) is 4.42. The molecule has 94 valence electrons.